The number of hydrazone groups is 1. The number of carbonyl (C=O) groups is 3. The number of hydrogen-bond donors (Lipinski definition) is 2. The molecule has 0 saturated heterocycles. The lowest BCUT2D eigenvalue weighted by Crippen LogP contribution is -2.18. The van der Waals surface area contributed by atoms with Gasteiger partial charge in [-0.15, -0.1) is 0 Å². The lowest BCUT2D eigenvalue weighted by atomic mass is 10.1. The van der Waals surface area contributed by atoms with E-state index in [1.807, 2.05) is 0 Å². The molecule has 0 aliphatic rings. The average molecular weight is 682 g/mol. The fourth-order valence-electron chi connectivity index (χ4n) is 3.56. The van der Waals surface area contributed by atoms with Gasteiger partial charge in [-0.1, -0.05) is 45.2 Å². The van der Waals surface area contributed by atoms with Gasteiger partial charge >= 0.3 is 5.97 Å². The number of ether oxygens (including phenoxy) is 1. The Morgan fingerprint density at radius 2 is 1.70 bits per heavy atom. The van der Waals surface area contributed by atoms with E-state index in [1.54, 1.807) is 42.5 Å². The highest BCUT2D eigenvalue weighted by atomic mass is 79.9. The third-order valence-electron chi connectivity index (χ3n) is 5.63. The molecule has 0 aromatic heterocycles. The summed E-state index contributed by atoms with van der Waals surface area (Å²) < 4.78 is 6.09. The smallest absolute Gasteiger partial charge is 0.336 e. The molecule has 0 bridgehead atoms. The molecule has 0 heterocycles. The molecule has 43 heavy (non-hydrogen) atoms. The van der Waals surface area contributed by atoms with Crippen molar-refractivity contribution >= 4 is 80.6 Å². The predicted octanol–water partition coefficient (Wildman–Crippen LogP) is 7.30. The summed E-state index contributed by atoms with van der Waals surface area (Å²) in [6, 6.07) is 21.2. The first kappa shape index (κ1) is 31.1. The number of benzene rings is 4. The van der Waals surface area contributed by atoms with Crippen molar-refractivity contribution in [2.24, 2.45) is 5.10 Å². The molecule has 0 aliphatic carbocycles. The van der Waals surface area contributed by atoms with E-state index in [4.69, 9.17) is 27.9 Å². The fourth-order valence-corrected chi connectivity index (χ4v) is 4.44. The Kier molecular flexibility index (Phi) is 10.4. The first-order valence-corrected chi connectivity index (χ1v) is 13.8. The second-order valence-corrected chi connectivity index (χ2v) is 10.4. The Morgan fingerprint density at radius 3 is 2.42 bits per heavy atom. The van der Waals surface area contributed by atoms with Crippen LogP contribution in [-0.4, -0.2) is 28.9 Å². The molecule has 0 unspecified atom stereocenters. The summed E-state index contributed by atoms with van der Waals surface area (Å²) in [4.78, 5) is 48.0. The third kappa shape index (κ3) is 8.82. The first-order chi connectivity index (χ1) is 20.6. The van der Waals surface area contributed by atoms with Crippen molar-refractivity contribution in [1.82, 2.24) is 5.43 Å². The standard InChI is InChI=1S/C30H19BrCl2N4O6/c31-21-7-12-27(43-28(38)13-6-18-4-9-24(10-5-18)37(41)42)20(14-21)17-34-36-29(39)19-2-1-3-23(15-19)35-30(40)25-11-8-22(32)16-26(25)33/h1-17H,(H,35,40)(H,36,39)/b13-6+,34-17?. The number of hydrogen-bond acceptors (Lipinski definition) is 7. The Balaban J connectivity index is 1.39. The van der Waals surface area contributed by atoms with Crippen LogP contribution in [0.5, 0.6) is 5.75 Å². The van der Waals surface area contributed by atoms with Crippen LogP contribution in [0.2, 0.25) is 10.0 Å². The van der Waals surface area contributed by atoms with E-state index >= 15 is 0 Å². The topological polar surface area (TPSA) is 140 Å². The monoisotopic (exact) mass is 680 g/mol. The van der Waals surface area contributed by atoms with Crippen LogP contribution in [0.1, 0.15) is 31.8 Å². The van der Waals surface area contributed by atoms with E-state index in [0.717, 1.165) is 0 Å². The third-order valence-corrected chi connectivity index (χ3v) is 6.67. The Hall–Kier alpha value is -4.84. The number of non-ortho nitro benzene ring substituents is 1. The summed E-state index contributed by atoms with van der Waals surface area (Å²) >= 11 is 15.3. The summed E-state index contributed by atoms with van der Waals surface area (Å²) in [6.07, 6.45) is 3.94. The van der Waals surface area contributed by atoms with Gasteiger partial charge in [-0.2, -0.15) is 5.10 Å². The maximum atomic E-state index is 12.7. The van der Waals surface area contributed by atoms with Crippen LogP contribution < -0.4 is 15.5 Å². The van der Waals surface area contributed by atoms with Crippen LogP contribution in [-0.2, 0) is 4.79 Å². The van der Waals surface area contributed by atoms with Crippen LogP contribution in [0.4, 0.5) is 11.4 Å². The van der Waals surface area contributed by atoms with Crippen molar-refractivity contribution in [3.8, 4) is 5.75 Å². The van der Waals surface area contributed by atoms with Gasteiger partial charge in [0.05, 0.1) is 21.7 Å². The number of anilines is 1. The van der Waals surface area contributed by atoms with Crippen LogP contribution in [0.25, 0.3) is 6.08 Å². The van der Waals surface area contributed by atoms with Crippen molar-refractivity contribution < 1.29 is 24.0 Å². The molecule has 216 valence electrons. The second-order valence-electron chi connectivity index (χ2n) is 8.64. The van der Waals surface area contributed by atoms with Crippen molar-refractivity contribution in [3.05, 3.63) is 138 Å². The molecule has 4 aromatic rings. The van der Waals surface area contributed by atoms with Gasteiger partial charge < -0.3 is 10.1 Å². The number of nitrogens with one attached hydrogen (secondary N) is 2. The van der Waals surface area contributed by atoms with Gasteiger partial charge in [0, 0.05) is 44.5 Å². The van der Waals surface area contributed by atoms with E-state index in [1.165, 1.54) is 60.8 Å². The molecule has 0 spiro atoms. The molecule has 0 radical (unpaired) electrons. The highest BCUT2D eigenvalue weighted by molar-refractivity contribution is 9.10. The molecule has 2 N–H and O–H groups in total. The molecular formula is C30H19BrCl2N4O6. The molecule has 0 aliphatic heterocycles. The minimum atomic E-state index is -0.696. The highest BCUT2D eigenvalue weighted by Crippen LogP contribution is 2.24. The van der Waals surface area contributed by atoms with Gasteiger partial charge in [0.1, 0.15) is 5.75 Å². The van der Waals surface area contributed by atoms with Gasteiger partial charge in [0.15, 0.2) is 0 Å². The summed E-state index contributed by atoms with van der Waals surface area (Å²) in [5.74, 6) is -1.56. The quantitative estimate of drug-likeness (QED) is 0.0475. The molecule has 0 fully saturated rings. The summed E-state index contributed by atoms with van der Waals surface area (Å²) in [6.45, 7) is 0. The zero-order chi connectivity index (χ0) is 30.9. The normalized spacial score (nSPS) is 11.0. The van der Waals surface area contributed by atoms with E-state index in [0.29, 0.717) is 26.3 Å². The molecule has 4 aromatic carbocycles. The van der Waals surface area contributed by atoms with E-state index in [9.17, 15) is 24.5 Å². The minimum Gasteiger partial charge on any atom is -0.423 e. The van der Waals surface area contributed by atoms with Gasteiger partial charge in [-0.3, -0.25) is 19.7 Å². The summed E-state index contributed by atoms with van der Waals surface area (Å²) in [7, 11) is 0. The number of nitro groups is 1. The zero-order valence-electron chi connectivity index (χ0n) is 21.8. The fraction of sp³-hybridized carbons (Fsp3) is 0. The number of nitro benzene ring substituents is 1. The van der Waals surface area contributed by atoms with Gasteiger partial charge in [-0.25, -0.2) is 10.2 Å². The van der Waals surface area contributed by atoms with Crippen LogP contribution in [0.3, 0.4) is 0 Å². The van der Waals surface area contributed by atoms with Gasteiger partial charge in [-0.05, 0) is 78.4 Å². The van der Waals surface area contributed by atoms with E-state index in [2.05, 4.69) is 31.8 Å². The van der Waals surface area contributed by atoms with Gasteiger partial charge in [0.25, 0.3) is 17.5 Å². The lowest BCUT2D eigenvalue weighted by molar-refractivity contribution is -0.384. The molecule has 0 saturated carbocycles. The van der Waals surface area contributed by atoms with Crippen molar-refractivity contribution in [1.29, 1.82) is 0 Å². The molecule has 4 rings (SSSR count). The predicted molar refractivity (Wildman–Crippen MR) is 168 cm³/mol. The van der Waals surface area contributed by atoms with Crippen molar-refractivity contribution in [2.75, 3.05) is 5.32 Å². The molecular weight excluding hydrogens is 663 g/mol. The number of carbonyl (C=O) groups excluding carboxylic acids is 3. The average Bonchev–Trinajstić information content (AvgIpc) is 2.97. The summed E-state index contributed by atoms with van der Waals surface area (Å²) in [5, 5.41) is 18.0. The first-order valence-electron chi connectivity index (χ1n) is 12.2. The van der Waals surface area contributed by atoms with Crippen molar-refractivity contribution in [2.45, 2.75) is 0 Å². The number of amides is 2. The SMILES string of the molecule is O=C(/C=C/c1ccc([N+](=O)[O-])cc1)Oc1ccc(Br)cc1C=NNC(=O)c1cccc(NC(=O)c2ccc(Cl)cc2Cl)c1. The molecule has 13 heteroatoms. The van der Waals surface area contributed by atoms with Crippen molar-refractivity contribution in [3.63, 3.8) is 0 Å². The lowest BCUT2D eigenvalue weighted by Gasteiger charge is -2.09. The summed E-state index contributed by atoms with van der Waals surface area (Å²) in [5.41, 5.74) is 4.08. The molecule has 2 amide bonds. The van der Waals surface area contributed by atoms with Crippen LogP contribution in [0.15, 0.2) is 101 Å². The largest absolute Gasteiger partial charge is 0.423 e. The minimum absolute atomic E-state index is 0.0652. The Morgan fingerprint density at radius 1 is 0.930 bits per heavy atom. The second kappa shape index (κ2) is 14.4. The number of esters is 1. The molecule has 0 atom stereocenters. The zero-order valence-corrected chi connectivity index (χ0v) is 24.9. The molecule has 10 nitrogen and oxygen atoms in total. The maximum absolute atomic E-state index is 12.7. The van der Waals surface area contributed by atoms with Crippen LogP contribution >= 0.6 is 39.1 Å². The van der Waals surface area contributed by atoms with E-state index in [-0.39, 0.29) is 27.6 Å². The Bertz CT molecular complexity index is 1780. The number of nitrogens with zero attached hydrogens (tertiary/aromatic N) is 2. The Labute approximate surface area is 263 Å². The van der Waals surface area contributed by atoms with E-state index < -0.39 is 22.7 Å². The van der Waals surface area contributed by atoms with Gasteiger partial charge in [0.2, 0.25) is 0 Å². The van der Waals surface area contributed by atoms with Crippen LogP contribution in [0, 0.1) is 10.1 Å². The number of halogens is 3. The highest BCUT2D eigenvalue weighted by Gasteiger charge is 2.13. The maximum Gasteiger partial charge on any atom is 0.336 e. The number of rotatable bonds is 9.